The Hall–Kier alpha value is -3.02. The van der Waals surface area contributed by atoms with Gasteiger partial charge in [0.15, 0.2) is 10.2 Å². The Bertz CT molecular complexity index is 1180. The van der Waals surface area contributed by atoms with Crippen molar-refractivity contribution in [1.82, 2.24) is 10.3 Å². The van der Waals surface area contributed by atoms with Crippen LogP contribution in [-0.2, 0) is 10.0 Å². The lowest BCUT2D eigenvalue weighted by Gasteiger charge is -2.14. The van der Waals surface area contributed by atoms with E-state index in [2.05, 4.69) is 20.3 Å². The summed E-state index contributed by atoms with van der Waals surface area (Å²) in [4.78, 5) is 16.6. The Morgan fingerprint density at radius 2 is 1.88 bits per heavy atom. The van der Waals surface area contributed by atoms with E-state index in [-0.39, 0.29) is 15.1 Å². The lowest BCUT2D eigenvalue weighted by molar-refractivity contribution is 0.0973. The normalized spacial score (nSPS) is 11.1. The van der Waals surface area contributed by atoms with Gasteiger partial charge in [-0.2, -0.15) is 0 Å². The molecule has 1 aromatic heterocycles. The summed E-state index contributed by atoms with van der Waals surface area (Å²) in [7, 11) is -3.75. The van der Waals surface area contributed by atoms with Crippen LogP contribution in [0, 0.1) is 5.92 Å². The number of carbonyl (C=O) groups excluding carboxylic acids is 1. The third-order valence-corrected chi connectivity index (χ3v) is 6.38. The van der Waals surface area contributed by atoms with Gasteiger partial charge in [0.2, 0.25) is 0 Å². The van der Waals surface area contributed by atoms with Crippen LogP contribution >= 0.6 is 23.6 Å². The van der Waals surface area contributed by atoms with Gasteiger partial charge in [-0.3, -0.25) is 14.8 Å². The molecule has 0 saturated heterocycles. The van der Waals surface area contributed by atoms with Crippen LogP contribution < -0.4 is 20.1 Å². The maximum atomic E-state index is 12.6. The SMILES string of the molecule is CC(C)COc1ccccc1C(=O)NC(=S)Nc1ccc(S(=O)(=O)Nc2nccs2)cc1. The number of ether oxygens (including phenoxy) is 1. The van der Waals surface area contributed by atoms with Crippen molar-refractivity contribution in [2.45, 2.75) is 18.7 Å². The van der Waals surface area contributed by atoms with Crippen molar-refractivity contribution in [2.75, 3.05) is 16.6 Å². The minimum atomic E-state index is -3.75. The topological polar surface area (TPSA) is 109 Å². The van der Waals surface area contributed by atoms with Crippen LogP contribution in [0.3, 0.4) is 0 Å². The molecule has 168 valence electrons. The van der Waals surface area contributed by atoms with Crippen molar-refractivity contribution < 1.29 is 17.9 Å². The summed E-state index contributed by atoms with van der Waals surface area (Å²) in [5.41, 5.74) is 0.889. The molecule has 1 heterocycles. The van der Waals surface area contributed by atoms with Crippen LogP contribution in [-0.4, -0.2) is 31.0 Å². The predicted octanol–water partition coefficient (Wildman–Crippen LogP) is 4.11. The number of hydrogen-bond acceptors (Lipinski definition) is 7. The number of aromatic nitrogens is 1. The summed E-state index contributed by atoms with van der Waals surface area (Å²) in [6, 6.07) is 12.9. The van der Waals surface area contributed by atoms with E-state index >= 15 is 0 Å². The number of hydrogen-bond donors (Lipinski definition) is 3. The van der Waals surface area contributed by atoms with E-state index in [1.165, 1.54) is 29.7 Å². The molecule has 0 radical (unpaired) electrons. The summed E-state index contributed by atoms with van der Waals surface area (Å²) >= 11 is 6.41. The first-order valence-electron chi connectivity index (χ1n) is 9.61. The van der Waals surface area contributed by atoms with E-state index in [1.54, 1.807) is 41.8 Å². The van der Waals surface area contributed by atoms with E-state index in [4.69, 9.17) is 17.0 Å². The van der Waals surface area contributed by atoms with Gasteiger partial charge in [-0.1, -0.05) is 26.0 Å². The first kappa shape index (κ1) is 23.6. The van der Waals surface area contributed by atoms with Gasteiger partial charge in [-0.05, 0) is 54.5 Å². The zero-order chi connectivity index (χ0) is 23.1. The molecule has 0 aliphatic rings. The third kappa shape index (κ3) is 6.49. The van der Waals surface area contributed by atoms with Gasteiger partial charge in [0, 0.05) is 17.3 Å². The number of nitrogens with one attached hydrogen (secondary N) is 3. The number of carbonyl (C=O) groups is 1. The Labute approximate surface area is 196 Å². The Balaban J connectivity index is 1.61. The molecule has 0 atom stereocenters. The summed E-state index contributed by atoms with van der Waals surface area (Å²) in [5.74, 6) is 0.384. The minimum absolute atomic E-state index is 0.0735. The molecule has 0 fully saturated rings. The maximum Gasteiger partial charge on any atom is 0.263 e. The molecule has 0 saturated carbocycles. The van der Waals surface area contributed by atoms with Crippen LogP contribution in [0.5, 0.6) is 5.75 Å². The van der Waals surface area contributed by atoms with Gasteiger partial charge < -0.3 is 10.1 Å². The molecular weight excluding hydrogens is 468 g/mol. The number of amides is 1. The van der Waals surface area contributed by atoms with Gasteiger partial charge in [0.1, 0.15) is 5.75 Å². The van der Waals surface area contributed by atoms with Crippen LogP contribution in [0.2, 0.25) is 0 Å². The van der Waals surface area contributed by atoms with Crippen LogP contribution in [0.15, 0.2) is 65.0 Å². The molecule has 0 spiro atoms. The van der Waals surface area contributed by atoms with Crippen molar-refractivity contribution >= 4 is 55.4 Å². The summed E-state index contributed by atoms with van der Waals surface area (Å²) in [6.45, 7) is 4.53. The number of rotatable bonds is 8. The fourth-order valence-electron chi connectivity index (χ4n) is 2.53. The highest BCUT2D eigenvalue weighted by Gasteiger charge is 2.16. The molecule has 3 rings (SSSR count). The van der Waals surface area contributed by atoms with Gasteiger partial charge in [-0.15, -0.1) is 11.3 Å². The quantitative estimate of drug-likeness (QED) is 0.408. The summed E-state index contributed by atoms with van der Waals surface area (Å²) < 4.78 is 32.9. The highest BCUT2D eigenvalue weighted by molar-refractivity contribution is 7.93. The summed E-state index contributed by atoms with van der Waals surface area (Å²) in [5, 5.41) is 7.52. The standard InChI is InChI=1S/C21H22N4O4S3/c1-14(2)13-29-18-6-4-3-5-17(18)19(26)24-20(30)23-15-7-9-16(10-8-15)32(27,28)25-21-22-11-12-31-21/h3-12,14H,13H2,1-2H3,(H,22,25)(H2,23,24,26,30). The zero-order valence-electron chi connectivity index (χ0n) is 17.4. The number of para-hydroxylation sites is 1. The second kappa shape index (κ2) is 10.5. The maximum absolute atomic E-state index is 12.6. The smallest absolute Gasteiger partial charge is 0.263 e. The monoisotopic (exact) mass is 490 g/mol. The number of nitrogens with zero attached hydrogens (tertiary/aromatic N) is 1. The number of benzene rings is 2. The Morgan fingerprint density at radius 3 is 2.53 bits per heavy atom. The average molecular weight is 491 g/mol. The molecule has 3 aromatic rings. The van der Waals surface area contributed by atoms with Gasteiger partial charge in [0.25, 0.3) is 15.9 Å². The van der Waals surface area contributed by atoms with E-state index < -0.39 is 15.9 Å². The van der Waals surface area contributed by atoms with Crippen molar-refractivity contribution in [3.05, 3.63) is 65.7 Å². The molecule has 8 nitrogen and oxygen atoms in total. The first-order valence-corrected chi connectivity index (χ1v) is 12.4. The lowest BCUT2D eigenvalue weighted by atomic mass is 10.2. The number of sulfonamides is 1. The molecule has 0 bridgehead atoms. The highest BCUT2D eigenvalue weighted by Crippen LogP contribution is 2.20. The minimum Gasteiger partial charge on any atom is -0.492 e. The van der Waals surface area contributed by atoms with Gasteiger partial charge in [0.05, 0.1) is 17.1 Å². The molecule has 2 aromatic carbocycles. The second-order valence-electron chi connectivity index (χ2n) is 7.08. The first-order chi connectivity index (χ1) is 15.2. The largest absolute Gasteiger partial charge is 0.492 e. The fraction of sp³-hybridized carbons (Fsp3) is 0.190. The predicted molar refractivity (Wildman–Crippen MR) is 130 cm³/mol. The van der Waals surface area contributed by atoms with Crippen LogP contribution in [0.25, 0.3) is 0 Å². The van der Waals surface area contributed by atoms with Gasteiger partial charge in [-0.25, -0.2) is 13.4 Å². The molecule has 0 unspecified atom stereocenters. The number of thiocarbonyl (C=S) groups is 1. The van der Waals surface area contributed by atoms with Crippen molar-refractivity contribution in [1.29, 1.82) is 0 Å². The van der Waals surface area contributed by atoms with E-state index in [0.717, 1.165) is 0 Å². The molecule has 1 amide bonds. The van der Waals surface area contributed by atoms with Crippen LogP contribution in [0.4, 0.5) is 10.8 Å². The Kier molecular flexibility index (Phi) is 7.78. The van der Waals surface area contributed by atoms with E-state index in [0.29, 0.717) is 29.5 Å². The zero-order valence-corrected chi connectivity index (χ0v) is 19.8. The number of thiazole rings is 1. The molecule has 32 heavy (non-hydrogen) atoms. The van der Waals surface area contributed by atoms with E-state index in [1.807, 2.05) is 13.8 Å². The van der Waals surface area contributed by atoms with Gasteiger partial charge >= 0.3 is 0 Å². The Morgan fingerprint density at radius 1 is 1.16 bits per heavy atom. The number of anilines is 2. The molecule has 0 aliphatic carbocycles. The lowest BCUT2D eigenvalue weighted by Crippen LogP contribution is -2.34. The molecule has 0 aliphatic heterocycles. The van der Waals surface area contributed by atoms with Crippen molar-refractivity contribution in [2.24, 2.45) is 5.92 Å². The van der Waals surface area contributed by atoms with E-state index in [9.17, 15) is 13.2 Å². The third-order valence-electron chi connectivity index (χ3n) is 4.01. The summed E-state index contributed by atoms with van der Waals surface area (Å²) in [6.07, 6.45) is 1.51. The second-order valence-corrected chi connectivity index (χ2v) is 10.1. The average Bonchev–Trinajstić information content (AvgIpc) is 3.25. The highest BCUT2D eigenvalue weighted by atomic mass is 32.2. The fourth-order valence-corrected chi connectivity index (χ4v) is 4.53. The van der Waals surface area contributed by atoms with Crippen molar-refractivity contribution in [3.8, 4) is 5.75 Å². The molecule has 11 heteroatoms. The van der Waals surface area contributed by atoms with Crippen LogP contribution in [0.1, 0.15) is 24.2 Å². The van der Waals surface area contributed by atoms with Crippen molar-refractivity contribution in [3.63, 3.8) is 0 Å². The molecular formula is C21H22N4O4S3. The molecule has 3 N–H and O–H groups in total.